The quantitative estimate of drug-likeness (QED) is 0.277. The van der Waals surface area contributed by atoms with E-state index in [1.165, 1.54) is 0 Å². The van der Waals surface area contributed by atoms with Gasteiger partial charge in [0, 0.05) is 51.8 Å². The maximum Gasteiger partial charge on any atom is 0.394 e. The van der Waals surface area contributed by atoms with Crippen LogP contribution in [0.5, 0.6) is 0 Å². The summed E-state index contributed by atoms with van der Waals surface area (Å²) < 4.78 is 0. The number of hydrogen-bond donors (Lipinski definition) is 0. The monoisotopic (exact) mass is 570 g/mol. The number of anilines is 2. The molecule has 1 aromatic carbocycles. The van der Waals surface area contributed by atoms with Gasteiger partial charge in [0.05, 0.1) is 0 Å². The summed E-state index contributed by atoms with van der Waals surface area (Å²) >= 11 is 0. The molecular formula is C23H20BIrN5-. The van der Waals surface area contributed by atoms with Gasteiger partial charge in [0.1, 0.15) is 11.6 Å². The van der Waals surface area contributed by atoms with E-state index >= 15 is 0 Å². The SMILES string of the molecule is [B]1N(c2ccccn2)CCN1c1ccccn1.[Ir].[c-]1ccccc1-c1ccccn1. The summed E-state index contributed by atoms with van der Waals surface area (Å²) in [7, 11) is 2.06. The molecule has 1 saturated heterocycles. The first-order chi connectivity index (χ1) is 14.4. The third kappa shape index (κ3) is 5.75. The molecule has 7 heteroatoms. The zero-order valence-electron chi connectivity index (χ0n) is 16.3. The Balaban J connectivity index is 0.000000175. The van der Waals surface area contributed by atoms with Gasteiger partial charge in [-0.05, 0) is 36.0 Å². The van der Waals surface area contributed by atoms with E-state index in [1.807, 2.05) is 91.3 Å². The second-order valence-corrected chi connectivity index (χ2v) is 6.37. The standard InChI is InChI=1S/C12H12BN4.C11H8N.Ir/c1-3-7-14-11(5-1)16-9-10-17(13-16)12-6-2-4-8-15-12;1-2-6-10(7-3-1)11-8-4-5-9-12-11;/h1-8H,9-10H2;1-6,8-9H;/q;-1;. The first-order valence-corrected chi connectivity index (χ1v) is 9.48. The van der Waals surface area contributed by atoms with Crippen molar-refractivity contribution in [2.24, 2.45) is 0 Å². The minimum Gasteiger partial charge on any atom is -0.382 e. The van der Waals surface area contributed by atoms with E-state index in [-0.39, 0.29) is 20.1 Å². The molecule has 1 fully saturated rings. The second-order valence-electron chi connectivity index (χ2n) is 6.37. The molecule has 150 valence electrons. The molecule has 3 aromatic heterocycles. The fraction of sp³-hybridized carbons (Fsp3) is 0.0870. The Morgan fingerprint density at radius 1 is 0.667 bits per heavy atom. The van der Waals surface area contributed by atoms with Crippen molar-refractivity contribution >= 4 is 19.2 Å². The summed E-state index contributed by atoms with van der Waals surface area (Å²) in [6.07, 6.45) is 5.41. The molecule has 0 saturated carbocycles. The fourth-order valence-corrected chi connectivity index (χ4v) is 2.97. The van der Waals surface area contributed by atoms with Crippen LogP contribution in [0.25, 0.3) is 11.3 Å². The predicted octanol–water partition coefficient (Wildman–Crippen LogP) is 3.88. The summed E-state index contributed by atoms with van der Waals surface area (Å²) in [5, 5.41) is 0. The van der Waals surface area contributed by atoms with E-state index in [2.05, 4.69) is 38.2 Å². The topological polar surface area (TPSA) is 45.2 Å². The average molecular weight is 569 g/mol. The molecule has 0 N–H and O–H groups in total. The van der Waals surface area contributed by atoms with E-state index in [9.17, 15) is 0 Å². The van der Waals surface area contributed by atoms with Crippen molar-refractivity contribution in [1.82, 2.24) is 15.0 Å². The Kier molecular flexibility index (Phi) is 8.13. The zero-order valence-corrected chi connectivity index (χ0v) is 18.7. The van der Waals surface area contributed by atoms with Crippen molar-refractivity contribution in [2.45, 2.75) is 0 Å². The fourth-order valence-electron chi connectivity index (χ4n) is 2.97. The Hall–Kier alpha value is -3.02. The Morgan fingerprint density at radius 3 is 1.70 bits per heavy atom. The van der Waals surface area contributed by atoms with Gasteiger partial charge in [-0.2, -0.15) is 0 Å². The van der Waals surface area contributed by atoms with Crippen LogP contribution >= 0.6 is 0 Å². The Bertz CT molecular complexity index is 908. The third-order valence-corrected chi connectivity index (χ3v) is 4.40. The van der Waals surface area contributed by atoms with Crippen LogP contribution in [0.4, 0.5) is 11.6 Å². The summed E-state index contributed by atoms with van der Waals surface area (Å²) in [6.45, 7) is 1.88. The molecule has 0 spiro atoms. The molecule has 1 aliphatic rings. The van der Waals surface area contributed by atoms with Crippen LogP contribution < -0.4 is 9.62 Å². The maximum absolute atomic E-state index is 4.34. The van der Waals surface area contributed by atoms with E-state index < -0.39 is 0 Å². The van der Waals surface area contributed by atoms with Gasteiger partial charge in [-0.1, -0.05) is 24.3 Å². The van der Waals surface area contributed by atoms with Crippen molar-refractivity contribution in [3.8, 4) is 11.3 Å². The van der Waals surface area contributed by atoms with Crippen LogP contribution in [0.1, 0.15) is 0 Å². The van der Waals surface area contributed by atoms with Gasteiger partial charge in [0.15, 0.2) is 0 Å². The van der Waals surface area contributed by atoms with Gasteiger partial charge in [-0.3, -0.25) is 0 Å². The molecule has 4 aromatic rings. The molecule has 0 aliphatic carbocycles. The van der Waals surface area contributed by atoms with Gasteiger partial charge in [0.2, 0.25) is 0 Å². The number of aromatic nitrogens is 3. The summed E-state index contributed by atoms with van der Waals surface area (Å²) in [6, 6.07) is 28.7. The van der Waals surface area contributed by atoms with Crippen molar-refractivity contribution < 1.29 is 20.1 Å². The molecule has 0 atom stereocenters. The van der Waals surface area contributed by atoms with Crippen LogP contribution in [0, 0.1) is 6.07 Å². The van der Waals surface area contributed by atoms with E-state index in [4.69, 9.17) is 0 Å². The normalized spacial score (nSPS) is 12.3. The van der Waals surface area contributed by atoms with Gasteiger partial charge in [-0.25, -0.2) is 9.97 Å². The van der Waals surface area contributed by atoms with E-state index in [0.29, 0.717) is 0 Å². The van der Waals surface area contributed by atoms with Gasteiger partial charge in [0.25, 0.3) is 0 Å². The predicted molar refractivity (Wildman–Crippen MR) is 117 cm³/mol. The van der Waals surface area contributed by atoms with E-state index in [0.717, 1.165) is 36.0 Å². The summed E-state index contributed by atoms with van der Waals surface area (Å²) in [5.74, 6) is 1.96. The second kappa shape index (κ2) is 11.2. The number of pyridine rings is 3. The molecule has 1 aliphatic heterocycles. The van der Waals surface area contributed by atoms with Crippen molar-refractivity contribution in [2.75, 3.05) is 22.7 Å². The molecule has 0 unspecified atom stereocenters. The van der Waals surface area contributed by atoms with Gasteiger partial charge >= 0.3 is 7.55 Å². The van der Waals surface area contributed by atoms with Crippen molar-refractivity contribution in [3.05, 3.63) is 104 Å². The van der Waals surface area contributed by atoms with Crippen molar-refractivity contribution in [3.63, 3.8) is 0 Å². The Labute approximate surface area is 191 Å². The van der Waals surface area contributed by atoms with E-state index in [1.54, 1.807) is 6.20 Å². The Morgan fingerprint density at radius 2 is 1.23 bits per heavy atom. The molecule has 5 nitrogen and oxygen atoms in total. The molecule has 2 radical (unpaired) electrons. The minimum absolute atomic E-state index is 0. The molecule has 0 bridgehead atoms. The number of nitrogens with zero attached hydrogens (tertiary/aromatic N) is 5. The number of hydrogen-bond acceptors (Lipinski definition) is 5. The smallest absolute Gasteiger partial charge is 0.382 e. The molecule has 4 heterocycles. The van der Waals surface area contributed by atoms with Crippen LogP contribution in [-0.2, 0) is 20.1 Å². The summed E-state index contributed by atoms with van der Waals surface area (Å²) in [4.78, 5) is 17.2. The molecule has 30 heavy (non-hydrogen) atoms. The molecule has 5 rings (SSSR count). The van der Waals surface area contributed by atoms with Crippen LogP contribution in [-0.4, -0.2) is 35.6 Å². The average Bonchev–Trinajstić information content (AvgIpc) is 3.32. The minimum atomic E-state index is 0. The number of rotatable bonds is 3. The van der Waals surface area contributed by atoms with Crippen LogP contribution in [0.15, 0.2) is 97.5 Å². The number of benzene rings is 1. The van der Waals surface area contributed by atoms with Crippen LogP contribution in [0.2, 0.25) is 0 Å². The van der Waals surface area contributed by atoms with Crippen LogP contribution in [0.3, 0.4) is 0 Å². The summed E-state index contributed by atoms with van der Waals surface area (Å²) in [5.41, 5.74) is 2.01. The molecular weight excluding hydrogens is 549 g/mol. The first-order valence-electron chi connectivity index (χ1n) is 9.48. The first kappa shape index (κ1) is 21.7. The molecule has 0 amide bonds. The largest absolute Gasteiger partial charge is 0.394 e. The van der Waals surface area contributed by atoms with Gasteiger partial charge in [-0.15, -0.1) is 35.9 Å². The maximum atomic E-state index is 4.34. The zero-order chi connectivity index (χ0) is 19.7. The third-order valence-electron chi connectivity index (χ3n) is 4.40. The van der Waals surface area contributed by atoms with Crippen molar-refractivity contribution in [1.29, 1.82) is 0 Å². The van der Waals surface area contributed by atoms with Gasteiger partial charge < -0.3 is 14.6 Å².